The molecule has 3 aliphatic rings. The van der Waals surface area contributed by atoms with Gasteiger partial charge in [-0.2, -0.15) is 0 Å². The smallest absolute Gasteiger partial charge is 0.198 e. The summed E-state index contributed by atoms with van der Waals surface area (Å²) in [6.45, 7) is 21.5. The molecule has 1 aliphatic heterocycles. The molecule has 0 saturated carbocycles. The highest BCUT2D eigenvalue weighted by Crippen LogP contribution is 2.53. The molecule has 0 amide bonds. The molecule has 4 heterocycles. The monoisotopic (exact) mass is 941 g/mol. The van der Waals surface area contributed by atoms with Gasteiger partial charge in [0.1, 0.15) is 5.01 Å². The molecule has 0 fully saturated rings. The van der Waals surface area contributed by atoms with E-state index in [0.29, 0.717) is 0 Å². The highest BCUT2D eigenvalue weighted by molar-refractivity contribution is 7.26. The van der Waals surface area contributed by atoms with Crippen molar-refractivity contribution in [3.05, 3.63) is 167 Å². The lowest BCUT2D eigenvalue weighted by Crippen LogP contribution is -2.37. The molecule has 0 saturated heterocycles. The number of anilines is 2. The molecule has 14 rings (SSSR count). The van der Waals surface area contributed by atoms with Crippen LogP contribution in [0, 0.1) is 0 Å². The summed E-state index contributed by atoms with van der Waals surface area (Å²) in [7, 11) is 0.805. The van der Waals surface area contributed by atoms with Gasteiger partial charge in [-0.05, 0) is 140 Å². The molecule has 3 nitrogen and oxygen atoms in total. The molecule has 3 aromatic heterocycles. The predicted octanol–water partition coefficient (Wildman–Crippen LogP) is 16.5. The van der Waals surface area contributed by atoms with Crippen molar-refractivity contribution in [2.75, 3.05) is 5.32 Å². The largest absolute Gasteiger partial charge is 0.355 e. The van der Waals surface area contributed by atoms with Crippen molar-refractivity contribution >= 4 is 104 Å². The molecule has 11 aromatic rings. The Bertz CT molecular complexity index is 4060. The second-order valence-corrected chi connectivity index (χ2v) is 25.6. The summed E-state index contributed by atoms with van der Waals surface area (Å²) in [5.41, 5.74) is 23.6. The van der Waals surface area contributed by atoms with Gasteiger partial charge in [0.2, 0.25) is 0 Å². The third-order valence-corrected chi connectivity index (χ3v) is 19.0. The number of thiophene rings is 1. The Morgan fingerprint density at radius 1 is 0.571 bits per heavy atom. The lowest BCUT2D eigenvalue weighted by molar-refractivity contribution is 0.332. The van der Waals surface area contributed by atoms with Crippen LogP contribution in [-0.2, 0) is 21.7 Å². The first-order valence-electron chi connectivity index (χ1n) is 25.2. The van der Waals surface area contributed by atoms with E-state index in [4.69, 9.17) is 4.98 Å². The zero-order chi connectivity index (χ0) is 47.8. The van der Waals surface area contributed by atoms with E-state index in [1.807, 2.05) is 11.3 Å². The van der Waals surface area contributed by atoms with E-state index in [-0.39, 0.29) is 21.7 Å². The van der Waals surface area contributed by atoms with Gasteiger partial charge in [0.25, 0.3) is 0 Å². The van der Waals surface area contributed by atoms with Crippen LogP contribution < -0.4 is 16.2 Å². The first kappa shape index (κ1) is 42.4. The normalized spacial score (nSPS) is 16.1. The van der Waals surface area contributed by atoms with E-state index in [1.54, 1.807) is 11.3 Å². The molecular weight excluding hydrogens is 886 g/mol. The van der Waals surface area contributed by atoms with Gasteiger partial charge in [0.15, 0.2) is 7.28 Å². The SMILES string of the molecule is CC(C)(C)c1ccc(Nc2cc3sc4cc5c(cc4c3cc2-c2ccc3c4cc6c(cc4n4c3c2Bc2cc3nc(-c7ccccc7)sc3cc2-4)C(C)(C)c2ccccc2-6)C(C)(C)CCC5(C)C)cc1. The molecule has 2 aliphatic carbocycles. The summed E-state index contributed by atoms with van der Waals surface area (Å²) in [5, 5.41) is 10.4. The van der Waals surface area contributed by atoms with Gasteiger partial charge in [-0.25, -0.2) is 4.98 Å². The van der Waals surface area contributed by atoms with Crippen molar-refractivity contribution < 1.29 is 0 Å². The second kappa shape index (κ2) is 14.3. The summed E-state index contributed by atoms with van der Waals surface area (Å²) < 4.78 is 6.55. The topological polar surface area (TPSA) is 29.9 Å². The van der Waals surface area contributed by atoms with Gasteiger partial charge in [0, 0.05) is 70.1 Å². The van der Waals surface area contributed by atoms with Gasteiger partial charge in [-0.1, -0.05) is 147 Å². The van der Waals surface area contributed by atoms with Crippen molar-refractivity contribution in [2.24, 2.45) is 0 Å². The predicted molar refractivity (Wildman–Crippen MR) is 305 cm³/mol. The zero-order valence-electron chi connectivity index (χ0n) is 41.6. The summed E-state index contributed by atoms with van der Waals surface area (Å²) in [6, 6.07) is 53.7. The third kappa shape index (κ3) is 6.08. The second-order valence-electron chi connectivity index (χ2n) is 23.5. The minimum absolute atomic E-state index is 0.0707. The fourth-order valence-corrected chi connectivity index (χ4v) is 14.9. The van der Waals surface area contributed by atoms with Gasteiger partial charge in [0.05, 0.1) is 15.7 Å². The van der Waals surface area contributed by atoms with E-state index >= 15 is 0 Å². The molecule has 0 unspecified atom stereocenters. The van der Waals surface area contributed by atoms with Gasteiger partial charge < -0.3 is 9.88 Å². The van der Waals surface area contributed by atoms with Crippen LogP contribution in [0.1, 0.15) is 103 Å². The number of thiazole rings is 1. The van der Waals surface area contributed by atoms with E-state index in [1.165, 1.54) is 126 Å². The standard InChI is InChI=1S/C64H56BN3S2/c1-61(2,3)36-19-21-37(22-20-36)66-51-33-56-44(45-29-48-49(31-55(45)69-56)63(6,7)26-25-62(48,4)5)28-42(51)39-23-24-40-43-27-41-38-17-13-14-18-46(38)64(8,9)47(41)30-53(43)68-54-34-57-52(32-50(54)65-58(39)59(40)68)67-60(70-57)35-15-11-10-12-16-35/h10-24,27-34,65-66H,25-26H2,1-9H3. The average molecular weight is 942 g/mol. The lowest BCUT2D eigenvalue weighted by Gasteiger charge is -2.41. The molecular formula is C64H56BN3S2. The Labute approximate surface area is 419 Å². The Hall–Kier alpha value is -6.47. The molecule has 0 bridgehead atoms. The van der Waals surface area contributed by atoms with Crippen LogP contribution in [0.5, 0.6) is 0 Å². The lowest BCUT2D eigenvalue weighted by atomic mass is 9.59. The molecule has 0 radical (unpaired) electrons. The molecule has 342 valence electrons. The van der Waals surface area contributed by atoms with Crippen LogP contribution in [-0.4, -0.2) is 16.8 Å². The quantitative estimate of drug-likeness (QED) is 0.178. The number of rotatable bonds is 4. The van der Waals surface area contributed by atoms with Gasteiger partial charge >= 0.3 is 0 Å². The van der Waals surface area contributed by atoms with Crippen molar-refractivity contribution in [1.29, 1.82) is 0 Å². The zero-order valence-corrected chi connectivity index (χ0v) is 43.2. The first-order chi connectivity index (χ1) is 33.5. The van der Waals surface area contributed by atoms with E-state index in [9.17, 15) is 0 Å². The third-order valence-electron chi connectivity index (χ3n) is 16.9. The molecule has 70 heavy (non-hydrogen) atoms. The maximum Gasteiger partial charge on any atom is 0.198 e. The van der Waals surface area contributed by atoms with E-state index in [2.05, 4.69) is 212 Å². The molecule has 0 atom stereocenters. The van der Waals surface area contributed by atoms with Crippen molar-refractivity contribution in [3.63, 3.8) is 0 Å². The highest BCUT2D eigenvalue weighted by atomic mass is 32.1. The Morgan fingerprint density at radius 3 is 2.04 bits per heavy atom. The molecule has 6 heteroatoms. The minimum Gasteiger partial charge on any atom is -0.355 e. The van der Waals surface area contributed by atoms with Crippen LogP contribution in [0.3, 0.4) is 0 Å². The number of fused-ring (bicyclic) bond motifs is 13. The van der Waals surface area contributed by atoms with Crippen LogP contribution in [0.4, 0.5) is 11.4 Å². The maximum absolute atomic E-state index is 5.31. The van der Waals surface area contributed by atoms with E-state index in [0.717, 1.165) is 34.7 Å². The minimum atomic E-state index is -0.122. The number of nitrogens with zero attached hydrogens (tertiary/aromatic N) is 2. The van der Waals surface area contributed by atoms with Gasteiger partial charge in [-0.3, -0.25) is 0 Å². The number of hydrogen-bond donors (Lipinski definition) is 1. The summed E-state index contributed by atoms with van der Waals surface area (Å²) in [6.07, 6.45) is 2.40. The van der Waals surface area contributed by atoms with Crippen molar-refractivity contribution in [2.45, 2.75) is 96.8 Å². The summed E-state index contributed by atoms with van der Waals surface area (Å²) in [5.74, 6) is 0. The van der Waals surface area contributed by atoms with Gasteiger partial charge in [-0.15, -0.1) is 22.7 Å². The first-order valence-corrected chi connectivity index (χ1v) is 26.8. The van der Waals surface area contributed by atoms with E-state index < -0.39 is 0 Å². The molecule has 1 N–H and O–H groups in total. The van der Waals surface area contributed by atoms with Crippen LogP contribution >= 0.6 is 22.7 Å². The number of hydrogen-bond acceptors (Lipinski definition) is 4. The maximum atomic E-state index is 5.31. The van der Waals surface area contributed by atoms with Crippen molar-refractivity contribution in [1.82, 2.24) is 9.55 Å². The Kier molecular flexibility index (Phi) is 8.68. The molecule has 8 aromatic carbocycles. The van der Waals surface area contributed by atoms with Crippen molar-refractivity contribution in [3.8, 4) is 38.5 Å². The Balaban J connectivity index is 1.05. The number of nitrogens with one attached hydrogen (secondary N) is 1. The fraction of sp³-hybridized carbons (Fsp3) is 0.234. The Morgan fingerprint density at radius 2 is 1.27 bits per heavy atom. The van der Waals surface area contributed by atoms with Crippen LogP contribution in [0.2, 0.25) is 0 Å². The average Bonchev–Trinajstić information content (AvgIpc) is 4.07. The summed E-state index contributed by atoms with van der Waals surface area (Å²) in [4.78, 5) is 5.31. The highest BCUT2D eigenvalue weighted by Gasteiger charge is 2.39. The fourth-order valence-electron chi connectivity index (χ4n) is 12.7. The van der Waals surface area contributed by atoms with Crippen LogP contribution in [0.15, 0.2) is 140 Å². The molecule has 0 spiro atoms. The summed E-state index contributed by atoms with van der Waals surface area (Å²) >= 11 is 3.74. The number of aromatic nitrogens is 2. The number of benzene rings is 8. The van der Waals surface area contributed by atoms with Crippen LogP contribution in [0.25, 0.3) is 90.7 Å².